The van der Waals surface area contributed by atoms with Crippen LogP contribution in [-0.2, 0) is 0 Å². The van der Waals surface area contributed by atoms with Gasteiger partial charge in [-0.05, 0) is 57.3 Å². The Morgan fingerprint density at radius 2 is 1.67 bits per heavy atom. The molecule has 0 fully saturated rings. The molecule has 3 rings (SSSR count). The maximum atomic E-state index is 2.35. The van der Waals surface area contributed by atoms with Crippen LogP contribution >= 0.6 is 11.3 Å². The molecule has 0 aliphatic carbocycles. The number of benzene rings is 2. The largest absolute Gasteiger partial charge is 0.305 e. The van der Waals surface area contributed by atoms with Gasteiger partial charge in [0.05, 0.1) is 0 Å². The number of nitrogens with zero attached hydrogens (tertiary/aromatic N) is 1. The molecular formula is C19H21NS. The zero-order chi connectivity index (χ0) is 15.0. The van der Waals surface area contributed by atoms with Gasteiger partial charge in [0.25, 0.3) is 0 Å². The van der Waals surface area contributed by atoms with Crippen LogP contribution < -0.4 is 0 Å². The summed E-state index contributed by atoms with van der Waals surface area (Å²) in [4.78, 5) is 2.22. The highest BCUT2D eigenvalue weighted by Crippen LogP contribution is 2.35. The summed E-state index contributed by atoms with van der Waals surface area (Å²) in [5.41, 5.74) is 4.16. The Bertz CT molecular complexity index is 824. The summed E-state index contributed by atoms with van der Waals surface area (Å²) in [5, 5.41) is 2.75. The number of rotatable bonds is 3. The first kappa shape index (κ1) is 14.3. The zero-order valence-corrected chi connectivity index (χ0v) is 13.9. The molecule has 0 radical (unpaired) electrons. The minimum absolute atomic E-state index is 1.01. The lowest BCUT2D eigenvalue weighted by Gasteiger charge is -2.13. The van der Waals surface area contributed by atoms with Crippen molar-refractivity contribution in [3.63, 3.8) is 0 Å². The van der Waals surface area contributed by atoms with Gasteiger partial charge in [-0.25, -0.2) is 0 Å². The highest BCUT2D eigenvalue weighted by molar-refractivity contribution is 7.25. The van der Waals surface area contributed by atoms with Gasteiger partial charge >= 0.3 is 0 Å². The molecule has 0 aliphatic rings. The lowest BCUT2D eigenvalue weighted by Crippen LogP contribution is -2.14. The summed E-state index contributed by atoms with van der Waals surface area (Å²) < 4.78 is 2.74. The fourth-order valence-corrected chi connectivity index (χ4v) is 3.89. The van der Waals surface area contributed by atoms with E-state index in [4.69, 9.17) is 0 Å². The Morgan fingerprint density at radius 1 is 0.952 bits per heavy atom. The van der Waals surface area contributed by atoms with Crippen LogP contribution in [-0.4, -0.2) is 25.5 Å². The maximum Gasteiger partial charge on any atom is 0.0355 e. The summed E-state index contributed by atoms with van der Waals surface area (Å²) in [7, 11) is 4.23. The predicted molar refractivity (Wildman–Crippen MR) is 96.2 cm³/mol. The molecule has 0 bridgehead atoms. The Balaban J connectivity index is 2.14. The van der Waals surface area contributed by atoms with Gasteiger partial charge in [-0.15, -0.1) is 11.3 Å². The number of hydrogen-bond donors (Lipinski definition) is 0. The topological polar surface area (TPSA) is 3.24 Å². The molecule has 2 heteroatoms. The lowest BCUT2D eigenvalue weighted by molar-refractivity contribution is 0.446. The van der Waals surface area contributed by atoms with Crippen LogP contribution in [0.15, 0.2) is 48.0 Å². The minimum atomic E-state index is 1.01. The summed E-state index contributed by atoms with van der Waals surface area (Å²) >= 11 is 1.88. The Kier molecular flexibility index (Phi) is 3.83. The molecule has 1 nitrogen and oxygen atoms in total. The van der Waals surface area contributed by atoms with Gasteiger partial charge in [0.15, 0.2) is 0 Å². The second-order valence-corrected chi connectivity index (χ2v) is 7.04. The Morgan fingerprint density at radius 3 is 2.43 bits per heavy atom. The fraction of sp³-hybridized carbons (Fsp3) is 0.263. The van der Waals surface area contributed by atoms with Crippen molar-refractivity contribution in [2.45, 2.75) is 13.8 Å². The van der Waals surface area contributed by atoms with Crippen LogP contribution in [0.25, 0.3) is 25.7 Å². The molecule has 0 aliphatic heterocycles. The predicted octanol–water partition coefficient (Wildman–Crippen LogP) is 5.41. The molecular weight excluding hydrogens is 274 g/mol. The molecule has 0 amide bonds. The second kappa shape index (κ2) is 5.63. The minimum Gasteiger partial charge on any atom is -0.305 e. The highest BCUT2D eigenvalue weighted by Gasteiger charge is 2.07. The van der Waals surface area contributed by atoms with Gasteiger partial charge in [0, 0.05) is 26.7 Å². The third-order valence-electron chi connectivity index (χ3n) is 4.00. The van der Waals surface area contributed by atoms with Crippen LogP contribution in [0.1, 0.15) is 19.4 Å². The molecule has 1 aromatic heterocycles. The van der Waals surface area contributed by atoms with E-state index < -0.39 is 0 Å². The van der Waals surface area contributed by atoms with Crippen LogP contribution in [0.2, 0.25) is 0 Å². The van der Waals surface area contributed by atoms with E-state index in [1.165, 1.54) is 36.9 Å². The van der Waals surface area contributed by atoms with Crippen molar-refractivity contribution in [3.8, 4) is 0 Å². The fourth-order valence-electron chi connectivity index (χ4n) is 2.80. The molecule has 1 heterocycles. The van der Waals surface area contributed by atoms with Crippen molar-refractivity contribution in [1.29, 1.82) is 0 Å². The number of allylic oxidation sites excluding steroid dienone is 1. The van der Waals surface area contributed by atoms with Crippen LogP contribution in [0.3, 0.4) is 0 Å². The van der Waals surface area contributed by atoms with Crippen molar-refractivity contribution >= 4 is 37.1 Å². The molecule has 0 atom stereocenters. The van der Waals surface area contributed by atoms with E-state index in [1.54, 1.807) is 0 Å². The molecule has 0 N–H and O–H groups in total. The van der Waals surface area contributed by atoms with Gasteiger partial charge in [-0.1, -0.05) is 29.8 Å². The summed E-state index contributed by atoms with van der Waals surface area (Å²) in [6.45, 7) is 5.47. The van der Waals surface area contributed by atoms with Crippen molar-refractivity contribution in [1.82, 2.24) is 4.90 Å². The standard InChI is InChI=1S/C19H21NS/c1-13(12-20(3)4)14(2)15-9-10-19-17(11-15)16-7-5-6-8-18(16)21-19/h5-11H,12H2,1-4H3. The smallest absolute Gasteiger partial charge is 0.0355 e. The third kappa shape index (κ3) is 2.74. The Hall–Kier alpha value is -1.64. The molecule has 3 aromatic rings. The van der Waals surface area contributed by atoms with E-state index in [0.29, 0.717) is 0 Å². The van der Waals surface area contributed by atoms with Crippen molar-refractivity contribution in [2.75, 3.05) is 20.6 Å². The first-order valence-corrected chi connectivity index (χ1v) is 8.10. The van der Waals surface area contributed by atoms with Crippen LogP contribution in [0.5, 0.6) is 0 Å². The van der Waals surface area contributed by atoms with E-state index in [9.17, 15) is 0 Å². The third-order valence-corrected chi connectivity index (χ3v) is 5.16. The normalized spacial score (nSPS) is 13.2. The van der Waals surface area contributed by atoms with Crippen LogP contribution in [0, 0.1) is 0 Å². The Labute approximate surface area is 130 Å². The molecule has 0 spiro atoms. The quantitative estimate of drug-likeness (QED) is 0.624. The molecule has 2 aromatic carbocycles. The van der Waals surface area contributed by atoms with Gasteiger partial charge in [-0.2, -0.15) is 0 Å². The van der Waals surface area contributed by atoms with Gasteiger partial charge < -0.3 is 4.90 Å². The summed E-state index contributed by atoms with van der Waals surface area (Å²) in [6.07, 6.45) is 0. The number of hydrogen-bond acceptors (Lipinski definition) is 2. The van der Waals surface area contributed by atoms with E-state index >= 15 is 0 Å². The summed E-state index contributed by atoms with van der Waals surface area (Å²) in [6, 6.07) is 15.5. The van der Waals surface area contributed by atoms with Gasteiger partial charge in [0.2, 0.25) is 0 Å². The average molecular weight is 295 g/mol. The lowest BCUT2D eigenvalue weighted by atomic mass is 10.00. The van der Waals surface area contributed by atoms with E-state index in [1.807, 2.05) is 11.3 Å². The number of likely N-dealkylation sites (N-methyl/N-ethyl adjacent to an activating group) is 1. The van der Waals surface area contributed by atoms with Crippen LogP contribution in [0.4, 0.5) is 0 Å². The molecule has 0 saturated carbocycles. The molecule has 0 saturated heterocycles. The first-order valence-electron chi connectivity index (χ1n) is 7.29. The zero-order valence-electron chi connectivity index (χ0n) is 13.1. The second-order valence-electron chi connectivity index (χ2n) is 5.95. The van der Waals surface area contributed by atoms with Gasteiger partial charge in [-0.3, -0.25) is 0 Å². The SMILES string of the molecule is CC(CN(C)C)=C(C)c1ccc2sc3ccccc3c2c1. The van der Waals surface area contributed by atoms with Gasteiger partial charge in [0.1, 0.15) is 0 Å². The average Bonchev–Trinajstić information content (AvgIpc) is 2.83. The molecule has 0 unspecified atom stereocenters. The highest BCUT2D eigenvalue weighted by atomic mass is 32.1. The van der Waals surface area contributed by atoms with Crippen molar-refractivity contribution in [3.05, 3.63) is 53.6 Å². The number of thiophene rings is 1. The van der Waals surface area contributed by atoms with Crippen molar-refractivity contribution in [2.24, 2.45) is 0 Å². The first-order chi connectivity index (χ1) is 10.1. The number of fused-ring (bicyclic) bond motifs is 3. The van der Waals surface area contributed by atoms with E-state index in [2.05, 4.69) is 75.3 Å². The maximum absolute atomic E-state index is 2.35. The van der Waals surface area contributed by atoms with E-state index in [-0.39, 0.29) is 0 Å². The van der Waals surface area contributed by atoms with Crippen molar-refractivity contribution < 1.29 is 0 Å². The monoisotopic (exact) mass is 295 g/mol. The molecule has 21 heavy (non-hydrogen) atoms. The summed E-state index contributed by atoms with van der Waals surface area (Å²) in [5.74, 6) is 0. The molecule has 108 valence electrons. The van der Waals surface area contributed by atoms with E-state index in [0.717, 1.165) is 6.54 Å².